The van der Waals surface area contributed by atoms with Gasteiger partial charge in [-0.2, -0.15) is 5.10 Å². The molecule has 1 saturated heterocycles. The number of para-hydroxylation sites is 1. The summed E-state index contributed by atoms with van der Waals surface area (Å²) in [6.45, 7) is 10.4. The van der Waals surface area contributed by atoms with Crippen molar-refractivity contribution in [3.63, 3.8) is 0 Å². The van der Waals surface area contributed by atoms with Gasteiger partial charge in [-0.25, -0.2) is 4.68 Å². The lowest BCUT2D eigenvalue weighted by Crippen LogP contribution is -2.45. The van der Waals surface area contributed by atoms with Crippen LogP contribution in [-0.4, -0.2) is 65.3 Å². The van der Waals surface area contributed by atoms with Gasteiger partial charge in [0.2, 0.25) is 0 Å². The molecule has 6 nitrogen and oxygen atoms in total. The number of aromatic nitrogens is 2. The van der Waals surface area contributed by atoms with E-state index < -0.39 is 0 Å². The molecule has 0 bridgehead atoms. The van der Waals surface area contributed by atoms with Crippen LogP contribution in [0.3, 0.4) is 0 Å². The largest absolute Gasteiger partial charge is 0.352 e. The van der Waals surface area contributed by atoms with Crippen molar-refractivity contribution in [3.8, 4) is 5.69 Å². The molecule has 0 saturated carbocycles. The van der Waals surface area contributed by atoms with E-state index in [1.807, 2.05) is 18.7 Å². The number of nitrogens with zero attached hydrogens (tertiary/aromatic N) is 5. The van der Waals surface area contributed by atoms with E-state index in [1.54, 1.807) is 0 Å². The van der Waals surface area contributed by atoms with E-state index in [9.17, 15) is 0 Å². The minimum absolute atomic E-state index is 0.621. The molecule has 0 spiro atoms. The molecule has 6 heteroatoms. The number of likely N-dealkylation sites (tertiary alicyclic amines) is 1. The normalized spacial score (nSPS) is 17.9. The SMILES string of the molecule is CCN1CCCC1CN(C)C(=NC)NCc1ccccc1-n1nc(C)cc1C. The van der Waals surface area contributed by atoms with E-state index in [0.29, 0.717) is 12.6 Å². The molecule has 1 aromatic carbocycles. The number of hydrogen-bond acceptors (Lipinski definition) is 3. The van der Waals surface area contributed by atoms with E-state index in [2.05, 4.69) is 76.4 Å². The number of aliphatic imine (C=N–C) groups is 1. The summed E-state index contributed by atoms with van der Waals surface area (Å²) >= 11 is 0. The van der Waals surface area contributed by atoms with E-state index >= 15 is 0 Å². The number of guanidine groups is 1. The van der Waals surface area contributed by atoms with Crippen LogP contribution in [0.2, 0.25) is 0 Å². The van der Waals surface area contributed by atoms with E-state index in [-0.39, 0.29) is 0 Å². The number of aryl methyl sites for hydroxylation is 2. The molecule has 1 aromatic heterocycles. The molecular formula is C22H34N6. The Bertz CT molecular complexity index is 809. The molecule has 0 amide bonds. The quantitative estimate of drug-likeness (QED) is 0.616. The first-order valence-corrected chi connectivity index (χ1v) is 10.3. The molecule has 3 rings (SSSR count). The summed E-state index contributed by atoms with van der Waals surface area (Å²) in [7, 11) is 3.99. The molecule has 1 N–H and O–H groups in total. The second-order valence-electron chi connectivity index (χ2n) is 7.67. The van der Waals surface area contributed by atoms with Crippen molar-refractivity contribution in [1.29, 1.82) is 0 Å². The van der Waals surface area contributed by atoms with Gasteiger partial charge in [0.15, 0.2) is 5.96 Å². The summed E-state index contributed by atoms with van der Waals surface area (Å²) in [5.41, 5.74) is 4.51. The van der Waals surface area contributed by atoms with Gasteiger partial charge in [-0.1, -0.05) is 25.1 Å². The monoisotopic (exact) mass is 382 g/mol. The number of hydrogen-bond donors (Lipinski definition) is 1. The van der Waals surface area contributed by atoms with Gasteiger partial charge in [-0.05, 0) is 57.5 Å². The average molecular weight is 383 g/mol. The summed E-state index contributed by atoms with van der Waals surface area (Å²) in [4.78, 5) is 9.34. The van der Waals surface area contributed by atoms with Crippen LogP contribution < -0.4 is 5.32 Å². The van der Waals surface area contributed by atoms with Gasteiger partial charge in [0, 0.05) is 38.9 Å². The Morgan fingerprint density at radius 1 is 1.32 bits per heavy atom. The molecule has 0 aliphatic carbocycles. The number of likely N-dealkylation sites (N-methyl/N-ethyl adjacent to an activating group) is 2. The first-order valence-electron chi connectivity index (χ1n) is 10.3. The topological polar surface area (TPSA) is 48.7 Å². The van der Waals surface area contributed by atoms with Gasteiger partial charge >= 0.3 is 0 Å². The van der Waals surface area contributed by atoms with Crippen LogP contribution in [0.5, 0.6) is 0 Å². The lowest BCUT2D eigenvalue weighted by molar-refractivity contribution is 0.232. The molecule has 2 aromatic rings. The summed E-state index contributed by atoms with van der Waals surface area (Å²) in [6.07, 6.45) is 2.57. The first-order chi connectivity index (χ1) is 13.5. The standard InChI is InChI=1S/C22H34N6/c1-6-27-13-9-11-20(27)16-26(5)22(23-4)24-15-19-10-7-8-12-21(19)28-18(3)14-17(2)25-28/h7-8,10,12,14,20H,6,9,11,13,15-16H2,1-5H3,(H,23,24). The maximum atomic E-state index is 4.65. The van der Waals surface area contributed by atoms with Gasteiger partial charge in [0.1, 0.15) is 0 Å². The van der Waals surface area contributed by atoms with Crippen LogP contribution in [0.4, 0.5) is 0 Å². The zero-order valence-electron chi connectivity index (χ0n) is 17.9. The zero-order chi connectivity index (χ0) is 20.1. The highest BCUT2D eigenvalue weighted by molar-refractivity contribution is 5.79. The molecule has 1 aliphatic rings. The fraction of sp³-hybridized carbons (Fsp3) is 0.545. The molecule has 1 unspecified atom stereocenters. The van der Waals surface area contributed by atoms with Gasteiger partial charge in [-0.3, -0.25) is 9.89 Å². The van der Waals surface area contributed by atoms with Crippen molar-refractivity contribution < 1.29 is 0 Å². The third-order valence-corrected chi connectivity index (χ3v) is 5.63. The van der Waals surface area contributed by atoms with Crippen molar-refractivity contribution in [2.75, 3.05) is 33.7 Å². The summed E-state index contributed by atoms with van der Waals surface area (Å²) in [6, 6.07) is 11.2. The van der Waals surface area contributed by atoms with Crippen LogP contribution >= 0.6 is 0 Å². The van der Waals surface area contributed by atoms with Gasteiger partial charge in [0.25, 0.3) is 0 Å². The number of rotatable bonds is 6. The highest BCUT2D eigenvalue weighted by Gasteiger charge is 2.25. The van der Waals surface area contributed by atoms with Crippen molar-refractivity contribution in [2.45, 2.75) is 46.2 Å². The summed E-state index contributed by atoms with van der Waals surface area (Å²) in [5, 5.41) is 8.20. The molecule has 0 radical (unpaired) electrons. The number of nitrogens with one attached hydrogen (secondary N) is 1. The highest BCUT2D eigenvalue weighted by Crippen LogP contribution is 2.18. The first kappa shape index (κ1) is 20.4. The fourth-order valence-corrected chi connectivity index (χ4v) is 4.22. The molecule has 2 heterocycles. The molecule has 28 heavy (non-hydrogen) atoms. The Morgan fingerprint density at radius 3 is 2.79 bits per heavy atom. The minimum Gasteiger partial charge on any atom is -0.352 e. The van der Waals surface area contributed by atoms with Gasteiger partial charge in [0.05, 0.1) is 11.4 Å². The Balaban J connectivity index is 1.68. The van der Waals surface area contributed by atoms with E-state index in [1.165, 1.54) is 24.9 Å². The second-order valence-corrected chi connectivity index (χ2v) is 7.67. The second kappa shape index (κ2) is 9.24. The van der Waals surface area contributed by atoms with Crippen molar-refractivity contribution in [3.05, 3.63) is 47.3 Å². The van der Waals surface area contributed by atoms with E-state index in [0.717, 1.165) is 36.1 Å². The van der Waals surface area contributed by atoms with Crippen LogP contribution in [0.1, 0.15) is 36.7 Å². The summed E-state index contributed by atoms with van der Waals surface area (Å²) < 4.78 is 2.02. The number of benzene rings is 1. The lowest BCUT2D eigenvalue weighted by Gasteiger charge is -2.30. The lowest BCUT2D eigenvalue weighted by atomic mass is 10.1. The highest BCUT2D eigenvalue weighted by atomic mass is 15.3. The van der Waals surface area contributed by atoms with Crippen LogP contribution in [0.25, 0.3) is 5.69 Å². The Hall–Kier alpha value is -2.34. The molecule has 152 valence electrons. The van der Waals surface area contributed by atoms with E-state index in [4.69, 9.17) is 0 Å². The molecule has 1 aliphatic heterocycles. The van der Waals surface area contributed by atoms with Crippen molar-refractivity contribution in [2.24, 2.45) is 4.99 Å². The smallest absolute Gasteiger partial charge is 0.193 e. The fourth-order valence-electron chi connectivity index (χ4n) is 4.22. The minimum atomic E-state index is 0.621. The maximum Gasteiger partial charge on any atom is 0.193 e. The maximum absolute atomic E-state index is 4.65. The van der Waals surface area contributed by atoms with Crippen molar-refractivity contribution in [1.82, 2.24) is 24.9 Å². The van der Waals surface area contributed by atoms with Crippen molar-refractivity contribution >= 4 is 5.96 Å². The Labute approximate surface area is 169 Å². The van der Waals surface area contributed by atoms with Gasteiger partial charge in [-0.15, -0.1) is 0 Å². The van der Waals surface area contributed by atoms with Crippen LogP contribution in [0, 0.1) is 13.8 Å². The predicted molar refractivity (Wildman–Crippen MR) is 116 cm³/mol. The summed E-state index contributed by atoms with van der Waals surface area (Å²) in [5.74, 6) is 0.936. The third-order valence-electron chi connectivity index (χ3n) is 5.63. The third kappa shape index (κ3) is 4.55. The average Bonchev–Trinajstić information content (AvgIpc) is 3.27. The van der Waals surface area contributed by atoms with Crippen LogP contribution in [-0.2, 0) is 6.54 Å². The molecule has 1 atom stereocenters. The van der Waals surface area contributed by atoms with Gasteiger partial charge < -0.3 is 10.2 Å². The Kier molecular flexibility index (Phi) is 6.73. The molecular weight excluding hydrogens is 348 g/mol. The Morgan fingerprint density at radius 2 is 2.11 bits per heavy atom. The van der Waals surface area contributed by atoms with Crippen LogP contribution in [0.15, 0.2) is 35.3 Å². The predicted octanol–water partition coefficient (Wildman–Crippen LogP) is 2.98. The molecule has 1 fully saturated rings. The zero-order valence-corrected chi connectivity index (χ0v) is 17.9.